The second-order valence-corrected chi connectivity index (χ2v) is 5.99. The summed E-state index contributed by atoms with van der Waals surface area (Å²) in [4.78, 5) is 24.1. The number of aryl methyl sites for hydroxylation is 2. The Morgan fingerprint density at radius 2 is 1.77 bits per heavy atom. The third kappa shape index (κ3) is 5.48. The molecule has 0 saturated carbocycles. The third-order valence-corrected chi connectivity index (χ3v) is 3.83. The van der Waals surface area contributed by atoms with Crippen LogP contribution in [-0.4, -0.2) is 25.1 Å². The van der Waals surface area contributed by atoms with Gasteiger partial charge in [-0.05, 0) is 56.2 Å². The lowest BCUT2D eigenvalue weighted by Gasteiger charge is -2.14. The molecule has 5 nitrogen and oxygen atoms in total. The van der Waals surface area contributed by atoms with Crippen LogP contribution in [0.25, 0.3) is 6.08 Å². The molecule has 136 valence electrons. The summed E-state index contributed by atoms with van der Waals surface area (Å²) in [6.45, 7) is 5.44. The molecular formula is C21H23NO4. The molecule has 26 heavy (non-hydrogen) atoms. The monoisotopic (exact) mass is 353 g/mol. The average Bonchev–Trinajstić information content (AvgIpc) is 2.62. The van der Waals surface area contributed by atoms with Crippen molar-refractivity contribution in [2.45, 2.75) is 26.9 Å². The van der Waals surface area contributed by atoms with Gasteiger partial charge in [-0.2, -0.15) is 0 Å². The fourth-order valence-electron chi connectivity index (χ4n) is 2.33. The van der Waals surface area contributed by atoms with Crippen LogP contribution in [0.4, 0.5) is 5.69 Å². The van der Waals surface area contributed by atoms with Crippen LogP contribution in [0.3, 0.4) is 0 Å². The number of carbonyl (C=O) groups excluding carboxylic acids is 2. The maximum Gasteiger partial charge on any atom is 0.331 e. The molecular weight excluding hydrogens is 330 g/mol. The standard InChI is InChI=1S/C21H23NO4/c1-14-5-11-19(15(2)13-14)22-21(24)16(3)26-20(23)12-8-17-6-9-18(25-4)10-7-17/h5-13,16H,1-4H3,(H,22,24)/b12-8+. The second-order valence-electron chi connectivity index (χ2n) is 5.99. The predicted molar refractivity (Wildman–Crippen MR) is 102 cm³/mol. The second kappa shape index (κ2) is 8.85. The van der Waals surface area contributed by atoms with Crippen LogP contribution in [0, 0.1) is 13.8 Å². The zero-order valence-corrected chi connectivity index (χ0v) is 15.4. The molecule has 1 N–H and O–H groups in total. The van der Waals surface area contributed by atoms with Gasteiger partial charge in [0.25, 0.3) is 5.91 Å². The Bertz CT molecular complexity index is 809. The Balaban J connectivity index is 1.90. The van der Waals surface area contributed by atoms with Crippen molar-refractivity contribution in [3.05, 3.63) is 65.2 Å². The maximum atomic E-state index is 12.2. The van der Waals surface area contributed by atoms with Crippen LogP contribution in [0.15, 0.2) is 48.5 Å². The zero-order chi connectivity index (χ0) is 19.1. The van der Waals surface area contributed by atoms with E-state index in [1.807, 2.05) is 44.2 Å². The lowest BCUT2D eigenvalue weighted by molar-refractivity contribution is -0.148. The maximum absolute atomic E-state index is 12.2. The zero-order valence-electron chi connectivity index (χ0n) is 15.4. The molecule has 0 bridgehead atoms. The summed E-state index contributed by atoms with van der Waals surface area (Å²) in [5.41, 5.74) is 3.60. The van der Waals surface area contributed by atoms with Crippen molar-refractivity contribution in [1.29, 1.82) is 0 Å². The highest BCUT2D eigenvalue weighted by molar-refractivity contribution is 5.97. The number of hydrogen-bond acceptors (Lipinski definition) is 4. The summed E-state index contributed by atoms with van der Waals surface area (Å²) < 4.78 is 10.2. The Hall–Kier alpha value is -3.08. The minimum absolute atomic E-state index is 0.372. The number of anilines is 1. The van der Waals surface area contributed by atoms with Crippen LogP contribution >= 0.6 is 0 Å². The fourth-order valence-corrected chi connectivity index (χ4v) is 2.33. The van der Waals surface area contributed by atoms with E-state index in [-0.39, 0.29) is 5.91 Å². The molecule has 0 saturated heterocycles. The molecule has 2 aromatic rings. The van der Waals surface area contributed by atoms with E-state index in [1.165, 1.54) is 13.0 Å². The summed E-state index contributed by atoms with van der Waals surface area (Å²) in [5.74, 6) is -0.214. The smallest absolute Gasteiger partial charge is 0.331 e. The molecule has 2 rings (SSSR count). The molecule has 1 unspecified atom stereocenters. The van der Waals surface area contributed by atoms with Gasteiger partial charge in [-0.25, -0.2) is 4.79 Å². The number of ether oxygens (including phenoxy) is 2. The van der Waals surface area contributed by atoms with Crippen LogP contribution in [0.1, 0.15) is 23.6 Å². The number of amides is 1. The summed E-state index contributed by atoms with van der Waals surface area (Å²) in [7, 11) is 1.59. The Kier molecular flexibility index (Phi) is 6.55. The lowest BCUT2D eigenvalue weighted by atomic mass is 10.1. The summed E-state index contributed by atoms with van der Waals surface area (Å²) in [5, 5.41) is 2.77. The molecule has 0 spiro atoms. The van der Waals surface area contributed by atoms with Crippen LogP contribution < -0.4 is 10.1 Å². The Morgan fingerprint density at radius 1 is 1.08 bits per heavy atom. The van der Waals surface area contributed by atoms with Gasteiger partial charge in [-0.1, -0.05) is 29.8 Å². The largest absolute Gasteiger partial charge is 0.497 e. The van der Waals surface area contributed by atoms with Crippen molar-refractivity contribution < 1.29 is 19.1 Å². The first-order valence-corrected chi connectivity index (χ1v) is 8.30. The minimum Gasteiger partial charge on any atom is -0.497 e. The molecule has 5 heteroatoms. The molecule has 0 aliphatic carbocycles. The Morgan fingerprint density at radius 3 is 2.38 bits per heavy atom. The van der Waals surface area contributed by atoms with Crippen molar-refractivity contribution in [2.75, 3.05) is 12.4 Å². The van der Waals surface area contributed by atoms with Crippen LogP contribution in [0.2, 0.25) is 0 Å². The van der Waals surface area contributed by atoms with Gasteiger partial charge in [0.2, 0.25) is 0 Å². The van der Waals surface area contributed by atoms with Crippen molar-refractivity contribution in [3.63, 3.8) is 0 Å². The first kappa shape index (κ1) is 19.2. The number of nitrogens with one attached hydrogen (secondary N) is 1. The molecule has 0 aliphatic heterocycles. The highest BCUT2D eigenvalue weighted by Gasteiger charge is 2.17. The Labute approximate surface area is 153 Å². The topological polar surface area (TPSA) is 64.6 Å². The van der Waals surface area contributed by atoms with E-state index in [0.717, 1.165) is 22.4 Å². The van der Waals surface area contributed by atoms with Crippen LogP contribution in [-0.2, 0) is 14.3 Å². The number of hydrogen-bond donors (Lipinski definition) is 1. The normalized spacial score (nSPS) is 11.8. The van der Waals surface area contributed by atoms with E-state index < -0.39 is 12.1 Å². The van der Waals surface area contributed by atoms with Gasteiger partial charge >= 0.3 is 5.97 Å². The third-order valence-electron chi connectivity index (χ3n) is 3.83. The average molecular weight is 353 g/mol. The highest BCUT2D eigenvalue weighted by Crippen LogP contribution is 2.16. The minimum atomic E-state index is -0.899. The van der Waals surface area contributed by atoms with Gasteiger partial charge in [0.1, 0.15) is 5.75 Å². The van der Waals surface area contributed by atoms with Crippen molar-refractivity contribution in [3.8, 4) is 5.75 Å². The molecule has 0 aliphatic rings. The lowest BCUT2D eigenvalue weighted by Crippen LogP contribution is -2.29. The first-order valence-electron chi connectivity index (χ1n) is 8.30. The van der Waals surface area contributed by atoms with E-state index in [9.17, 15) is 9.59 Å². The van der Waals surface area contributed by atoms with Crippen molar-refractivity contribution in [2.24, 2.45) is 0 Å². The van der Waals surface area contributed by atoms with Crippen molar-refractivity contribution >= 4 is 23.6 Å². The molecule has 0 heterocycles. The predicted octanol–water partition coefficient (Wildman–Crippen LogP) is 3.90. The summed E-state index contributed by atoms with van der Waals surface area (Å²) in [6, 6.07) is 13.0. The van der Waals surface area contributed by atoms with E-state index in [1.54, 1.807) is 25.3 Å². The van der Waals surface area contributed by atoms with Gasteiger partial charge in [-0.3, -0.25) is 4.79 Å². The molecule has 1 amide bonds. The number of carbonyl (C=O) groups is 2. The SMILES string of the molecule is COc1ccc(/C=C/C(=O)OC(C)C(=O)Nc2ccc(C)cc2C)cc1. The van der Waals surface area contributed by atoms with E-state index >= 15 is 0 Å². The summed E-state index contributed by atoms with van der Waals surface area (Å²) in [6.07, 6.45) is 2.02. The summed E-state index contributed by atoms with van der Waals surface area (Å²) >= 11 is 0. The van der Waals surface area contributed by atoms with Gasteiger partial charge < -0.3 is 14.8 Å². The molecule has 1 atom stereocenters. The van der Waals surface area contributed by atoms with Gasteiger partial charge in [0.15, 0.2) is 6.10 Å². The van der Waals surface area contributed by atoms with Gasteiger partial charge in [0.05, 0.1) is 7.11 Å². The van der Waals surface area contributed by atoms with Gasteiger partial charge in [-0.15, -0.1) is 0 Å². The van der Waals surface area contributed by atoms with Gasteiger partial charge in [0, 0.05) is 11.8 Å². The number of esters is 1. The highest BCUT2D eigenvalue weighted by atomic mass is 16.5. The van der Waals surface area contributed by atoms with E-state index in [4.69, 9.17) is 9.47 Å². The quantitative estimate of drug-likeness (QED) is 0.632. The molecule has 2 aromatic carbocycles. The molecule has 0 aromatic heterocycles. The fraction of sp³-hybridized carbons (Fsp3) is 0.238. The first-order chi connectivity index (χ1) is 12.4. The van der Waals surface area contributed by atoms with Crippen molar-refractivity contribution in [1.82, 2.24) is 0 Å². The van der Waals surface area contributed by atoms with E-state index in [2.05, 4.69) is 5.32 Å². The molecule has 0 fully saturated rings. The molecule has 0 radical (unpaired) electrons. The number of benzene rings is 2. The number of rotatable bonds is 6. The number of methoxy groups -OCH3 is 1. The van der Waals surface area contributed by atoms with E-state index in [0.29, 0.717) is 5.69 Å². The van der Waals surface area contributed by atoms with Crippen LogP contribution in [0.5, 0.6) is 5.75 Å².